The number of unbranched alkanes of at least 4 members (excludes halogenated alkanes) is 1. The van der Waals surface area contributed by atoms with E-state index in [1.54, 1.807) is 54.6 Å². The van der Waals surface area contributed by atoms with Crippen LogP contribution < -0.4 is 16.0 Å². The van der Waals surface area contributed by atoms with E-state index >= 15 is 0 Å². The molecule has 0 fully saturated rings. The number of ether oxygens (including phenoxy) is 2. The van der Waals surface area contributed by atoms with Crippen LogP contribution >= 0.6 is 0 Å². The van der Waals surface area contributed by atoms with E-state index < -0.39 is 49.1 Å². The summed E-state index contributed by atoms with van der Waals surface area (Å²) in [5, 5.41) is 7.66. The molecule has 0 bridgehead atoms. The number of anilines is 1. The molecular formula is C25H28F3N3O6. The largest absolute Gasteiger partial charge is 0.456 e. The Balaban J connectivity index is 1.79. The van der Waals surface area contributed by atoms with Crippen molar-refractivity contribution in [1.82, 2.24) is 10.6 Å². The van der Waals surface area contributed by atoms with Gasteiger partial charge < -0.3 is 25.4 Å². The lowest BCUT2D eigenvalue weighted by atomic mass is 10.1. The van der Waals surface area contributed by atoms with Crippen molar-refractivity contribution in [2.24, 2.45) is 0 Å². The van der Waals surface area contributed by atoms with E-state index in [1.165, 1.54) is 0 Å². The van der Waals surface area contributed by atoms with E-state index in [4.69, 9.17) is 4.74 Å². The molecule has 9 nitrogen and oxygen atoms in total. The molecule has 0 saturated carbocycles. The van der Waals surface area contributed by atoms with Gasteiger partial charge in [-0.15, -0.1) is 0 Å². The van der Waals surface area contributed by atoms with Crippen LogP contribution in [0.3, 0.4) is 0 Å². The molecule has 2 aromatic rings. The summed E-state index contributed by atoms with van der Waals surface area (Å²) in [5.74, 6) is -2.53. The molecule has 3 amide bonds. The average molecular weight is 524 g/mol. The summed E-state index contributed by atoms with van der Waals surface area (Å²) in [6.45, 7) is -1.62. The van der Waals surface area contributed by atoms with Gasteiger partial charge >= 0.3 is 18.2 Å². The van der Waals surface area contributed by atoms with E-state index in [0.717, 1.165) is 5.56 Å². The van der Waals surface area contributed by atoms with Gasteiger partial charge in [-0.05, 0) is 37.0 Å². The number of benzene rings is 2. The topological polar surface area (TPSA) is 123 Å². The maximum Gasteiger partial charge on any atom is 0.422 e. The van der Waals surface area contributed by atoms with Crippen LogP contribution in [0.1, 0.15) is 31.2 Å². The van der Waals surface area contributed by atoms with E-state index in [1.807, 2.05) is 6.07 Å². The van der Waals surface area contributed by atoms with Crippen molar-refractivity contribution in [2.75, 3.05) is 18.5 Å². The number of alkyl carbamates (subject to hydrolysis) is 1. The molecule has 0 aliphatic rings. The Hall–Kier alpha value is -4.09. The third kappa shape index (κ3) is 13.0. The average Bonchev–Trinajstić information content (AvgIpc) is 2.86. The zero-order chi connectivity index (χ0) is 27.1. The zero-order valence-corrected chi connectivity index (χ0v) is 19.9. The first-order valence-corrected chi connectivity index (χ1v) is 11.4. The van der Waals surface area contributed by atoms with Crippen molar-refractivity contribution in [3.63, 3.8) is 0 Å². The summed E-state index contributed by atoms with van der Waals surface area (Å²) in [6.07, 6.45) is -5.31. The van der Waals surface area contributed by atoms with Crippen molar-refractivity contribution < 1.29 is 41.8 Å². The van der Waals surface area contributed by atoms with Gasteiger partial charge in [-0.3, -0.25) is 14.4 Å². The molecule has 2 aromatic carbocycles. The Morgan fingerprint density at radius 3 is 2.16 bits per heavy atom. The molecular weight excluding hydrogens is 495 g/mol. The van der Waals surface area contributed by atoms with Gasteiger partial charge in [0.1, 0.15) is 19.1 Å². The molecule has 200 valence electrons. The number of amides is 3. The molecule has 3 N–H and O–H groups in total. The number of halogens is 3. The Bertz CT molecular complexity index is 1020. The Labute approximate surface area is 211 Å². The van der Waals surface area contributed by atoms with Gasteiger partial charge in [-0.25, -0.2) is 4.79 Å². The maximum atomic E-state index is 12.8. The van der Waals surface area contributed by atoms with Crippen LogP contribution in [0.25, 0.3) is 0 Å². The third-order valence-corrected chi connectivity index (χ3v) is 4.81. The fraction of sp³-hybridized carbons (Fsp3) is 0.360. The zero-order valence-electron chi connectivity index (χ0n) is 19.9. The van der Waals surface area contributed by atoms with Crippen LogP contribution in [-0.4, -0.2) is 49.2 Å². The van der Waals surface area contributed by atoms with Crippen molar-refractivity contribution in [3.05, 3.63) is 66.2 Å². The summed E-state index contributed by atoms with van der Waals surface area (Å²) >= 11 is 0. The Morgan fingerprint density at radius 1 is 0.865 bits per heavy atom. The minimum Gasteiger partial charge on any atom is -0.456 e. The predicted molar refractivity (Wildman–Crippen MR) is 127 cm³/mol. The Kier molecular flexibility index (Phi) is 11.9. The molecule has 0 spiro atoms. The highest BCUT2D eigenvalue weighted by atomic mass is 19.4. The number of alkyl halides is 3. The molecule has 0 aromatic heterocycles. The molecule has 0 saturated heterocycles. The molecule has 0 radical (unpaired) electrons. The van der Waals surface area contributed by atoms with Crippen molar-refractivity contribution in [1.29, 1.82) is 0 Å². The van der Waals surface area contributed by atoms with Crippen LogP contribution in [0.15, 0.2) is 60.7 Å². The van der Waals surface area contributed by atoms with Crippen molar-refractivity contribution in [3.8, 4) is 0 Å². The normalized spacial score (nSPS) is 11.6. The number of rotatable bonds is 13. The minimum atomic E-state index is -4.67. The lowest BCUT2D eigenvalue weighted by molar-refractivity contribution is -0.186. The maximum absolute atomic E-state index is 12.8. The van der Waals surface area contributed by atoms with E-state index in [-0.39, 0.29) is 19.6 Å². The van der Waals surface area contributed by atoms with Gasteiger partial charge in [0.05, 0.1) is 0 Å². The summed E-state index contributed by atoms with van der Waals surface area (Å²) in [4.78, 5) is 48.0. The quantitative estimate of drug-likeness (QED) is 0.209. The molecule has 2 rings (SSSR count). The van der Waals surface area contributed by atoms with Gasteiger partial charge in [0.25, 0.3) is 0 Å². The fourth-order valence-corrected chi connectivity index (χ4v) is 3.03. The van der Waals surface area contributed by atoms with E-state index in [0.29, 0.717) is 18.5 Å². The van der Waals surface area contributed by atoms with Crippen molar-refractivity contribution in [2.45, 2.75) is 44.5 Å². The van der Waals surface area contributed by atoms with Crippen LogP contribution in [-0.2, 0) is 30.5 Å². The molecule has 37 heavy (non-hydrogen) atoms. The second-order valence-corrected chi connectivity index (χ2v) is 7.91. The predicted octanol–water partition coefficient (Wildman–Crippen LogP) is 3.70. The number of esters is 1. The van der Waals surface area contributed by atoms with Crippen LogP contribution in [0.2, 0.25) is 0 Å². The highest BCUT2D eigenvalue weighted by Crippen LogP contribution is 2.14. The second-order valence-electron chi connectivity index (χ2n) is 7.91. The first-order chi connectivity index (χ1) is 17.6. The van der Waals surface area contributed by atoms with Crippen LogP contribution in [0.4, 0.5) is 23.7 Å². The minimum absolute atomic E-state index is 0.0249. The number of para-hydroxylation sites is 1. The Morgan fingerprint density at radius 2 is 1.51 bits per heavy atom. The van der Waals surface area contributed by atoms with Gasteiger partial charge in [0, 0.05) is 12.2 Å². The van der Waals surface area contributed by atoms with Gasteiger partial charge in [-0.2, -0.15) is 13.2 Å². The molecule has 1 atom stereocenters. The highest BCUT2D eigenvalue weighted by molar-refractivity contribution is 5.96. The van der Waals surface area contributed by atoms with Crippen LogP contribution in [0.5, 0.6) is 0 Å². The first kappa shape index (κ1) is 29.1. The molecule has 0 aliphatic carbocycles. The lowest BCUT2D eigenvalue weighted by Crippen LogP contribution is -2.44. The van der Waals surface area contributed by atoms with Crippen molar-refractivity contribution >= 4 is 29.6 Å². The van der Waals surface area contributed by atoms with Gasteiger partial charge in [0.15, 0.2) is 6.61 Å². The highest BCUT2D eigenvalue weighted by Gasteiger charge is 2.30. The third-order valence-electron chi connectivity index (χ3n) is 4.81. The van der Waals surface area contributed by atoms with E-state index in [9.17, 15) is 32.3 Å². The summed E-state index contributed by atoms with van der Waals surface area (Å²) < 4.78 is 45.3. The second kappa shape index (κ2) is 15.1. The van der Waals surface area contributed by atoms with Crippen LogP contribution in [0, 0.1) is 0 Å². The SMILES string of the molecule is O=C(CC(=O)OCC(F)(F)F)NCCCC[C@H](NC(=O)OCc1ccccc1)C(=O)Nc1ccccc1. The number of hydrogen-bond donors (Lipinski definition) is 3. The van der Waals surface area contributed by atoms with Gasteiger partial charge in [0.2, 0.25) is 11.8 Å². The summed E-state index contributed by atoms with van der Waals surface area (Å²) in [5.41, 5.74) is 1.32. The fourth-order valence-electron chi connectivity index (χ4n) is 3.03. The standard InChI is InChI=1S/C25H28F3N3O6/c26-25(27,28)17-37-22(33)15-21(32)29-14-8-7-13-20(23(34)30-19-11-5-2-6-12-19)31-24(35)36-16-18-9-3-1-4-10-18/h1-6,9-12,20H,7-8,13-17H2,(H,29,32)(H,30,34)(H,31,35)/t20-/m0/s1. The first-order valence-electron chi connectivity index (χ1n) is 11.4. The summed E-state index contributed by atoms with van der Waals surface area (Å²) in [6, 6.07) is 16.7. The number of carbonyl (C=O) groups excluding carboxylic acids is 4. The monoisotopic (exact) mass is 523 g/mol. The lowest BCUT2D eigenvalue weighted by Gasteiger charge is -2.18. The molecule has 0 heterocycles. The molecule has 12 heteroatoms. The smallest absolute Gasteiger partial charge is 0.422 e. The summed E-state index contributed by atoms with van der Waals surface area (Å²) in [7, 11) is 0. The molecule has 0 aliphatic heterocycles. The number of carbonyl (C=O) groups is 4. The number of hydrogen-bond acceptors (Lipinski definition) is 6. The number of nitrogens with one attached hydrogen (secondary N) is 3. The van der Waals surface area contributed by atoms with E-state index in [2.05, 4.69) is 20.7 Å². The molecule has 0 unspecified atom stereocenters. The van der Waals surface area contributed by atoms with Gasteiger partial charge in [-0.1, -0.05) is 48.5 Å².